The van der Waals surface area contributed by atoms with E-state index in [-0.39, 0.29) is 6.10 Å². The van der Waals surface area contributed by atoms with Crippen molar-refractivity contribution in [3.05, 3.63) is 34.9 Å². The first kappa shape index (κ1) is 22.0. The highest BCUT2D eigenvalue weighted by atomic mass is 35.5. The molecular formula is C20H33ClN4O2. The number of aliphatic imine (C=N–C) groups is 1. The molecule has 27 heavy (non-hydrogen) atoms. The summed E-state index contributed by atoms with van der Waals surface area (Å²) in [5, 5.41) is 7.54. The molecule has 2 rings (SSSR count). The zero-order valence-corrected chi connectivity index (χ0v) is 17.6. The van der Waals surface area contributed by atoms with Crippen LogP contribution in [0.25, 0.3) is 0 Å². The average molecular weight is 397 g/mol. The van der Waals surface area contributed by atoms with Gasteiger partial charge in [0.1, 0.15) is 0 Å². The number of morpholine rings is 1. The molecule has 2 unspecified atom stereocenters. The summed E-state index contributed by atoms with van der Waals surface area (Å²) in [5.41, 5.74) is 1.04. The van der Waals surface area contributed by atoms with Crippen molar-refractivity contribution >= 4 is 17.6 Å². The fourth-order valence-corrected chi connectivity index (χ4v) is 3.55. The number of benzene rings is 1. The molecule has 0 bridgehead atoms. The number of hydrogen-bond donors (Lipinski definition) is 2. The highest BCUT2D eigenvalue weighted by Gasteiger charge is 2.24. The topological polar surface area (TPSA) is 58.1 Å². The van der Waals surface area contributed by atoms with Gasteiger partial charge in [0.15, 0.2) is 5.96 Å². The van der Waals surface area contributed by atoms with Gasteiger partial charge in [0.25, 0.3) is 0 Å². The van der Waals surface area contributed by atoms with Gasteiger partial charge in [0.2, 0.25) is 0 Å². The lowest BCUT2D eigenvalue weighted by Crippen LogP contribution is -2.52. The van der Waals surface area contributed by atoms with E-state index in [1.54, 1.807) is 14.2 Å². The van der Waals surface area contributed by atoms with E-state index in [1.807, 2.05) is 24.3 Å². The molecule has 1 aromatic carbocycles. The van der Waals surface area contributed by atoms with Gasteiger partial charge in [0.05, 0.1) is 19.3 Å². The Hall–Kier alpha value is -1.34. The predicted octanol–water partition coefficient (Wildman–Crippen LogP) is 2.55. The molecule has 1 heterocycles. The quantitative estimate of drug-likeness (QED) is 0.522. The van der Waals surface area contributed by atoms with Crippen LogP contribution in [0, 0.1) is 5.92 Å². The molecule has 1 aliphatic heterocycles. The van der Waals surface area contributed by atoms with Crippen LogP contribution in [-0.2, 0) is 9.47 Å². The number of nitrogens with one attached hydrogen (secondary N) is 2. The first-order valence-corrected chi connectivity index (χ1v) is 9.97. The molecule has 1 fully saturated rings. The van der Waals surface area contributed by atoms with Crippen molar-refractivity contribution in [3.8, 4) is 0 Å². The molecule has 0 radical (unpaired) electrons. The summed E-state index contributed by atoms with van der Waals surface area (Å²) in [6, 6.07) is 8.19. The van der Waals surface area contributed by atoms with Gasteiger partial charge in [-0.1, -0.05) is 37.6 Å². The molecule has 0 aromatic heterocycles. The Morgan fingerprint density at radius 1 is 1.26 bits per heavy atom. The van der Waals surface area contributed by atoms with Crippen molar-refractivity contribution in [2.75, 3.05) is 53.6 Å². The van der Waals surface area contributed by atoms with Gasteiger partial charge >= 0.3 is 0 Å². The minimum Gasteiger partial charge on any atom is -0.379 e. The molecular weight excluding hydrogens is 364 g/mol. The van der Waals surface area contributed by atoms with Crippen LogP contribution in [0.2, 0.25) is 5.02 Å². The van der Waals surface area contributed by atoms with E-state index in [0.29, 0.717) is 23.5 Å². The van der Waals surface area contributed by atoms with E-state index in [1.165, 1.54) is 0 Å². The SMILES string of the molecule is CN=C(NCC(OC)c1cccc(Cl)c1)NCC(C(C)C)N1CCOCC1. The number of ether oxygens (including phenoxy) is 2. The van der Waals surface area contributed by atoms with Crippen LogP contribution >= 0.6 is 11.6 Å². The molecule has 2 N–H and O–H groups in total. The van der Waals surface area contributed by atoms with Crippen LogP contribution < -0.4 is 10.6 Å². The molecule has 7 heteroatoms. The summed E-state index contributed by atoms with van der Waals surface area (Å²) in [5.74, 6) is 1.32. The number of rotatable bonds is 8. The fraction of sp³-hybridized carbons (Fsp3) is 0.650. The summed E-state index contributed by atoms with van der Waals surface area (Å²) < 4.78 is 11.1. The lowest BCUT2D eigenvalue weighted by Gasteiger charge is -2.37. The Morgan fingerprint density at radius 3 is 2.56 bits per heavy atom. The van der Waals surface area contributed by atoms with Crippen molar-refractivity contribution in [3.63, 3.8) is 0 Å². The Bertz CT molecular complexity index is 591. The Balaban J connectivity index is 1.88. The lowest BCUT2D eigenvalue weighted by molar-refractivity contribution is 0.00750. The van der Waals surface area contributed by atoms with E-state index in [4.69, 9.17) is 21.1 Å². The summed E-state index contributed by atoms with van der Waals surface area (Å²) in [7, 11) is 3.49. The lowest BCUT2D eigenvalue weighted by atomic mass is 10.0. The minimum absolute atomic E-state index is 0.0950. The molecule has 2 atom stereocenters. The minimum atomic E-state index is -0.0950. The van der Waals surface area contributed by atoms with Gasteiger partial charge in [-0.05, 0) is 23.6 Å². The number of methoxy groups -OCH3 is 1. The number of guanidine groups is 1. The van der Waals surface area contributed by atoms with Gasteiger partial charge < -0.3 is 20.1 Å². The van der Waals surface area contributed by atoms with Crippen LogP contribution in [0.4, 0.5) is 0 Å². The molecule has 0 amide bonds. The van der Waals surface area contributed by atoms with Crippen LogP contribution in [0.5, 0.6) is 0 Å². The van der Waals surface area contributed by atoms with Crippen LogP contribution in [0.1, 0.15) is 25.5 Å². The van der Waals surface area contributed by atoms with Crippen molar-refractivity contribution in [2.24, 2.45) is 10.9 Å². The van der Waals surface area contributed by atoms with Crippen molar-refractivity contribution in [1.82, 2.24) is 15.5 Å². The largest absolute Gasteiger partial charge is 0.379 e. The van der Waals surface area contributed by atoms with Crippen LogP contribution in [0.15, 0.2) is 29.3 Å². The molecule has 1 aliphatic rings. The van der Waals surface area contributed by atoms with Crippen LogP contribution in [0.3, 0.4) is 0 Å². The third-order valence-electron chi connectivity index (χ3n) is 4.95. The highest BCUT2D eigenvalue weighted by molar-refractivity contribution is 6.30. The summed E-state index contributed by atoms with van der Waals surface area (Å²) in [6.07, 6.45) is -0.0950. The third kappa shape index (κ3) is 6.96. The summed E-state index contributed by atoms with van der Waals surface area (Å²) in [6.45, 7) is 9.56. The number of hydrogen-bond acceptors (Lipinski definition) is 4. The number of nitrogens with zero attached hydrogens (tertiary/aromatic N) is 2. The molecule has 0 aliphatic carbocycles. The van der Waals surface area contributed by atoms with Crippen molar-refractivity contribution in [2.45, 2.75) is 26.0 Å². The first-order chi connectivity index (χ1) is 13.0. The normalized spacial score (nSPS) is 18.4. The van der Waals surface area contributed by atoms with Crippen molar-refractivity contribution < 1.29 is 9.47 Å². The Morgan fingerprint density at radius 2 is 1.96 bits per heavy atom. The Labute approximate surface area is 168 Å². The van der Waals surface area contributed by atoms with E-state index < -0.39 is 0 Å². The standard InChI is InChI=1S/C20H33ClN4O2/c1-15(2)18(25-8-10-27-11-9-25)13-23-20(22-3)24-14-19(26-4)16-6-5-7-17(21)12-16/h5-7,12,15,18-19H,8-11,13-14H2,1-4H3,(H2,22,23,24). The van der Waals surface area contributed by atoms with Gasteiger partial charge in [-0.15, -0.1) is 0 Å². The van der Waals surface area contributed by atoms with E-state index >= 15 is 0 Å². The Kier molecular flexibility index (Phi) is 9.34. The zero-order chi connectivity index (χ0) is 19.6. The van der Waals surface area contributed by atoms with Crippen LogP contribution in [-0.4, -0.2) is 70.5 Å². The first-order valence-electron chi connectivity index (χ1n) is 9.59. The molecule has 152 valence electrons. The van der Waals surface area contributed by atoms with Crippen molar-refractivity contribution in [1.29, 1.82) is 0 Å². The van der Waals surface area contributed by atoms with E-state index in [9.17, 15) is 0 Å². The fourth-order valence-electron chi connectivity index (χ4n) is 3.35. The molecule has 0 saturated carbocycles. The van der Waals surface area contributed by atoms with E-state index in [2.05, 4.69) is 34.4 Å². The predicted molar refractivity (Wildman–Crippen MR) is 112 cm³/mol. The van der Waals surface area contributed by atoms with E-state index in [0.717, 1.165) is 44.4 Å². The van der Waals surface area contributed by atoms with Gasteiger partial charge in [-0.25, -0.2) is 0 Å². The highest BCUT2D eigenvalue weighted by Crippen LogP contribution is 2.19. The average Bonchev–Trinajstić information content (AvgIpc) is 2.67. The third-order valence-corrected chi connectivity index (χ3v) is 5.18. The van der Waals surface area contributed by atoms with Gasteiger partial charge in [0, 0.05) is 51.4 Å². The number of halogens is 1. The van der Waals surface area contributed by atoms with Gasteiger partial charge in [-0.3, -0.25) is 9.89 Å². The second-order valence-corrected chi connectivity index (χ2v) is 7.51. The maximum absolute atomic E-state index is 6.10. The van der Waals surface area contributed by atoms with Gasteiger partial charge in [-0.2, -0.15) is 0 Å². The maximum Gasteiger partial charge on any atom is 0.191 e. The molecule has 0 spiro atoms. The summed E-state index contributed by atoms with van der Waals surface area (Å²) in [4.78, 5) is 6.85. The molecule has 6 nitrogen and oxygen atoms in total. The summed E-state index contributed by atoms with van der Waals surface area (Å²) >= 11 is 6.10. The smallest absolute Gasteiger partial charge is 0.191 e. The molecule has 1 saturated heterocycles. The second-order valence-electron chi connectivity index (χ2n) is 7.07. The monoisotopic (exact) mass is 396 g/mol. The molecule has 1 aromatic rings. The second kappa shape index (κ2) is 11.5. The zero-order valence-electron chi connectivity index (χ0n) is 16.9. The maximum atomic E-state index is 6.10.